The first kappa shape index (κ1) is 18.0. The molecule has 1 aliphatic carbocycles. The van der Waals surface area contributed by atoms with Crippen LogP contribution in [0.2, 0.25) is 0 Å². The molecule has 1 saturated carbocycles. The maximum Gasteiger partial charge on any atom is 0.00388 e. The Bertz CT molecular complexity index is 243. The summed E-state index contributed by atoms with van der Waals surface area (Å²) >= 11 is 0. The summed E-state index contributed by atoms with van der Waals surface area (Å²) in [7, 11) is 0. The van der Waals surface area contributed by atoms with Gasteiger partial charge in [0, 0.05) is 6.04 Å². The van der Waals surface area contributed by atoms with Gasteiger partial charge in [0.2, 0.25) is 0 Å². The van der Waals surface area contributed by atoms with Crippen molar-refractivity contribution >= 4 is 0 Å². The first-order valence-corrected chi connectivity index (χ1v) is 9.02. The maximum atomic E-state index is 3.78. The predicted molar refractivity (Wildman–Crippen MR) is 91.1 cm³/mol. The van der Waals surface area contributed by atoms with Gasteiger partial charge in [0.25, 0.3) is 0 Å². The summed E-state index contributed by atoms with van der Waals surface area (Å²) in [4.78, 5) is 0. The molecule has 1 atom stereocenters. The molecule has 0 heterocycles. The molecule has 1 aliphatic rings. The van der Waals surface area contributed by atoms with E-state index in [1.54, 1.807) is 0 Å². The third-order valence-electron chi connectivity index (χ3n) is 5.25. The first-order chi connectivity index (χ1) is 9.29. The van der Waals surface area contributed by atoms with Crippen LogP contribution in [0.1, 0.15) is 86.5 Å². The molecule has 20 heavy (non-hydrogen) atoms. The van der Waals surface area contributed by atoms with Crippen molar-refractivity contribution in [3.8, 4) is 0 Å². The van der Waals surface area contributed by atoms with Crippen LogP contribution >= 0.6 is 0 Å². The molecule has 1 rings (SSSR count). The highest BCUT2D eigenvalue weighted by molar-refractivity contribution is 4.81. The minimum Gasteiger partial charge on any atom is -0.314 e. The van der Waals surface area contributed by atoms with E-state index in [4.69, 9.17) is 0 Å². The highest BCUT2D eigenvalue weighted by atomic mass is 14.9. The molecular weight excluding hydrogens is 242 g/mol. The fourth-order valence-electron chi connectivity index (χ4n) is 3.53. The zero-order valence-electron chi connectivity index (χ0n) is 15.0. The van der Waals surface area contributed by atoms with E-state index in [1.807, 2.05) is 0 Å². The van der Waals surface area contributed by atoms with Crippen LogP contribution < -0.4 is 5.32 Å². The van der Waals surface area contributed by atoms with Gasteiger partial charge in [-0.1, -0.05) is 47.5 Å². The zero-order chi connectivity index (χ0) is 15.2. The van der Waals surface area contributed by atoms with Gasteiger partial charge in [0.15, 0.2) is 0 Å². The van der Waals surface area contributed by atoms with E-state index in [-0.39, 0.29) is 0 Å². The zero-order valence-corrected chi connectivity index (χ0v) is 15.0. The lowest BCUT2D eigenvalue weighted by atomic mass is 9.70. The molecule has 0 aromatic heterocycles. The van der Waals surface area contributed by atoms with Gasteiger partial charge in [-0.25, -0.2) is 0 Å². The van der Waals surface area contributed by atoms with Crippen LogP contribution in [-0.2, 0) is 0 Å². The Kier molecular flexibility index (Phi) is 7.58. The number of nitrogens with one attached hydrogen (secondary N) is 1. The van der Waals surface area contributed by atoms with E-state index < -0.39 is 0 Å². The summed E-state index contributed by atoms with van der Waals surface area (Å²) in [5.74, 6) is 2.73. The molecular formula is C19H39N. The van der Waals surface area contributed by atoms with Crippen LogP contribution in [-0.4, -0.2) is 12.6 Å². The van der Waals surface area contributed by atoms with E-state index in [1.165, 1.54) is 51.5 Å². The van der Waals surface area contributed by atoms with Gasteiger partial charge in [-0.3, -0.25) is 0 Å². The number of hydrogen-bond acceptors (Lipinski definition) is 1. The van der Waals surface area contributed by atoms with Crippen molar-refractivity contribution in [2.24, 2.45) is 23.2 Å². The minimum absolute atomic E-state index is 0.516. The summed E-state index contributed by atoms with van der Waals surface area (Å²) in [6.45, 7) is 15.5. The molecule has 1 fully saturated rings. The van der Waals surface area contributed by atoms with E-state index in [0.29, 0.717) is 11.5 Å². The van der Waals surface area contributed by atoms with Crippen molar-refractivity contribution in [3.05, 3.63) is 0 Å². The van der Waals surface area contributed by atoms with Crippen molar-refractivity contribution < 1.29 is 0 Å². The van der Waals surface area contributed by atoms with Crippen molar-refractivity contribution in [2.45, 2.75) is 92.5 Å². The average Bonchev–Trinajstić information content (AvgIpc) is 2.35. The molecule has 1 N–H and O–H groups in total. The fourth-order valence-corrected chi connectivity index (χ4v) is 3.53. The van der Waals surface area contributed by atoms with Crippen LogP contribution in [0.3, 0.4) is 0 Å². The number of hydrogen-bond donors (Lipinski definition) is 1. The summed E-state index contributed by atoms with van der Waals surface area (Å²) < 4.78 is 0. The van der Waals surface area contributed by atoms with Crippen LogP contribution in [0.25, 0.3) is 0 Å². The van der Waals surface area contributed by atoms with Gasteiger partial charge < -0.3 is 5.32 Å². The molecule has 1 heteroatoms. The Hall–Kier alpha value is -0.0400. The Labute approximate surface area is 128 Å². The summed E-state index contributed by atoms with van der Waals surface area (Å²) in [5, 5.41) is 3.78. The smallest absolute Gasteiger partial charge is 0.00388 e. The molecule has 0 bridgehead atoms. The van der Waals surface area contributed by atoms with Crippen molar-refractivity contribution in [1.82, 2.24) is 5.32 Å². The summed E-state index contributed by atoms with van der Waals surface area (Å²) in [6.07, 6.45) is 9.86. The predicted octanol–water partition coefficient (Wildman–Crippen LogP) is 5.64. The summed E-state index contributed by atoms with van der Waals surface area (Å²) in [6, 6.07) is 0.703. The molecule has 1 nitrogen and oxygen atoms in total. The fraction of sp³-hybridized carbons (Fsp3) is 1.00. The second-order valence-electron chi connectivity index (χ2n) is 8.72. The van der Waals surface area contributed by atoms with E-state index in [2.05, 4.69) is 46.9 Å². The van der Waals surface area contributed by atoms with Gasteiger partial charge >= 0.3 is 0 Å². The Morgan fingerprint density at radius 1 is 0.950 bits per heavy atom. The van der Waals surface area contributed by atoms with E-state index in [0.717, 1.165) is 17.8 Å². The molecule has 0 saturated heterocycles. The van der Waals surface area contributed by atoms with Gasteiger partial charge in [0.1, 0.15) is 0 Å². The summed E-state index contributed by atoms with van der Waals surface area (Å²) in [5.41, 5.74) is 0.516. The molecule has 0 radical (unpaired) electrons. The molecule has 120 valence electrons. The third-order valence-corrected chi connectivity index (χ3v) is 5.25. The molecule has 0 amide bonds. The van der Waals surface area contributed by atoms with Crippen LogP contribution in [0.5, 0.6) is 0 Å². The average molecular weight is 282 g/mol. The monoisotopic (exact) mass is 281 g/mol. The Balaban J connectivity index is 2.12. The quantitative estimate of drug-likeness (QED) is 0.636. The van der Waals surface area contributed by atoms with Gasteiger partial charge in [0.05, 0.1) is 0 Å². The first-order valence-electron chi connectivity index (χ1n) is 9.02. The van der Waals surface area contributed by atoms with Crippen molar-refractivity contribution in [3.63, 3.8) is 0 Å². The van der Waals surface area contributed by atoms with Gasteiger partial charge in [-0.2, -0.15) is 0 Å². The molecule has 1 unspecified atom stereocenters. The third kappa shape index (κ3) is 7.11. The topological polar surface area (TPSA) is 12.0 Å². The standard InChI is InChI=1S/C19H39N/c1-15(2)8-7-9-16(3)20-14-17-10-12-18(13-11-17)19(4,5)6/h15-18,20H,7-14H2,1-6H3. The molecule has 0 aromatic rings. The van der Waals surface area contributed by atoms with Crippen LogP contribution in [0.15, 0.2) is 0 Å². The largest absolute Gasteiger partial charge is 0.314 e. The lowest BCUT2D eigenvalue weighted by molar-refractivity contribution is 0.147. The second-order valence-corrected chi connectivity index (χ2v) is 8.72. The van der Waals surface area contributed by atoms with Gasteiger partial charge in [-0.05, 0) is 68.7 Å². The van der Waals surface area contributed by atoms with Crippen LogP contribution in [0.4, 0.5) is 0 Å². The highest BCUT2D eigenvalue weighted by Crippen LogP contribution is 2.39. The molecule has 0 aliphatic heterocycles. The molecule has 0 spiro atoms. The second kappa shape index (κ2) is 8.41. The van der Waals surface area contributed by atoms with E-state index >= 15 is 0 Å². The normalized spacial score (nSPS) is 25.9. The van der Waals surface area contributed by atoms with Crippen molar-refractivity contribution in [2.75, 3.05) is 6.54 Å². The van der Waals surface area contributed by atoms with E-state index in [9.17, 15) is 0 Å². The maximum absolute atomic E-state index is 3.78. The number of rotatable bonds is 7. The van der Waals surface area contributed by atoms with Crippen molar-refractivity contribution in [1.29, 1.82) is 0 Å². The lowest BCUT2D eigenvalue weighted by Crippen LogP contribution is -2.34. The van der Waals surface area contributed by atoms with Gasteiger partial charge in [-0.15, -0.1) is 0 Å². The SMILES string of the molecule is CC(C)CCCC(C)NCC1CCC(C(C)(C)C)CC1. The minimum atomic E-state index is 0.516. The highest BCUT2D eigenvalue weighted by Gasteiger charge is 2.29. The molecule has 0 aromatic carbocycles. The van der Waals surface area contributed by atoms with Crippen LogP contribution in [0, 0.1) is 23.2 Å². The Morgan fingerprint density at radius 3 is 2.05 bits per heavy atom. The Morgan fingerprint density at radius 2 is 1.55 bits per heavy atom. The lowest BCUT2D eigenvalue weighted by Gasteiger charge is -2.37.